The highest BCUT2D eigenvalue weighted by Gasteiger charge is 2.22. The highest BCUT2D eigenvalue weighted by atomic mass is 32.2. The van der Waals surface area contributed by atoms with Crippen LogP contribution < -0.4 is 5.32 Å². The summed E-state index contributed by atoms with van der Waals surface area (Å²) in [5.74, 6) is -3.75. The second-order valence-electron chi connectivity index (χ2n) is 3.30. The Hall–Kier alpha value is -1.23. The number of aliphatic hydroxyl groups excluding tert-OH is 1. The Labute approximate surface area is 96.8 Å². The van der Waals surface area contributed by atoms with Gasteiger partial charge in [0.15, 0.2) is 0 Å². The Morgan fingerprint density at radius 1 is 1.24 bits per heavy atom. The van der Waals surface area contributed by atoms with E-state index in [0.29, 0.717) is 0 Å². The van der Waals surface area contributed by atoms with Gasteiger partial charge in [-0.25, -0.2) is 0 Å². The number of aliphatic carboxylic acids is 2. The summed E-state index contributed by atoms with van der Waals surface area (Å²) in [4.78, 5) is 20.8. The number of aliphatic hydroxyl groups is 1. The van der Waals surface area contributed by atoms with E-state index in [4.69, 9.17) is 19.9 Å². The van der Waals surface area contributed by atoms with Gasteiger partial charge in [0.1, 0.15) is 11.8 Å². The zero-order valence-electron chi connectivity index (χ0n) is 8.61. The lowest BCUT2D eigenvalue weighted by atomic mass is 10.2. The van der Waals surface area contributed by atoms with Crippen molar-refractivity contribution < 1.29 is 37.9 Å². The SMILES string of the molecule is O=C(O)CC(NCC(O)CS(=O)(=O)O)C(=O)O. The summed E-state index contributed by atoms with van der Waals surface area (Å²) in [7, 11) is -4.37. The topological polar surface area (TPSA) is 161 Å². The van der Waals surface area contributed by atoms with Crippen LogP contribution in [0.4, 0.5) is 0 Å². The molecular weight excluding hydrogens is 258 g/mol. The zero-order chi connectivity index (χ0) is 13.6. The largest absolute Gasteiger partial charge is 0.481 e. The summed E-state index contributed by atoms with van der Waals surface area (Å²) >= 11 is 0. The van der Waals surface area contributed by atoms with E-state index >= 15 is 0 Å². The normalized spacial score (nSPS) is 15.2. The summed E-state index contributed by atoms with van der Waals surface area (Å²) in [6, 6.07) is -1.44. The maximum Gasteiger partial charge on any atom is 0.321 e. The molecule has 0 aromatic rings. The van der Waals surface area contributed by atoms with Crippen molar-refractivity contribution in [1.29, 1.82) is 0 Å². The van der Waals surface area contributed by atoms with Gasteiger partial charge in [0.2, 0.25) is 0 Å². The molecule has 0 fully saturated rings. The Balaban J connectivity index is 4.22. The fourth-order valence-electron chi connectivity index (χ4n) is 1.00. The molecule has 0 aliphatic rings. The second kappa shape index (κ2) is 6.49. The molecule has 0 amide bonds. The lowest BCUT2D eigenvalue weighted by Gasteiger charge is -2.15. The number of hydrogen-bond acceptors (Lipinski definition) is 6. The third-order valence-corrected chi connectivity index (χ3v) is 2.49. The van der Waals surface area contributed by atoms with Crippen LogP contribution in [0.25, 0.3) is 0 Å². The van der Waals surface area contributed by atoms with Gasteiger partial charge in [-0.15, -0.1) is 0 Å². The first-order valence-corrected chi connectivity index (χ1v) is 6.04. The summed E-state index contributed by atoms with van der Waals surface area (Å²) in [5, 5.41) is 28.2. The van der Waals surface area contributed by atoms with Gasteiger partial charge in [-0.3, -0.25) is 14.1 Å². The molecule has 0 bridgehead atoms. The molecule has 10 heteroatoms. The molecular formula is C7H13NO8S. The van der Waals surface area contributed by atoms with Crippen LogP contribution in [0, 0.1) is 0 Å². The molecule has 0 rings (SSSR count). The molecule has 0 spiro atoms. The van der Waals surface area contributed by atoms with Gasteiger partial charge in [0.05, 0.1) is 12.5 Å². The number of rotatable bonds is 8. The van der Waals surface area contributed by atoms with Crippen molar-refractivity contribution in [3.8, 4) is 0 Å². The minimum atomic E-state index is -4.37. The maximum atomic E-state index is 10.6. The average molecular weight is 271 g/mol. The predicted octanol–water partition coefficient (Wildman–Crippen LogP) is -2.25. The van der Waals surface area contributed by atoms with Gasteiger partial charge < -0.3 is 20.6 Å². The molecule has 5 N–H and O–H groups in total. The van der Waals surface area contributed by atoms with Crippen molar-refractivity contribution in [3.05, 3.63) is 0 Å². The Bertz CT molecular complexity index is 377. The quantitative estimate of drug-likeness (QED) is 0.307. The highest BCUT2D eigenvalue weighted by Crippen LogP contribution is 1.95. The molecule has 0 aliphatic carbocycles. The fraction of sp³-hybridized carbons (Fsp3) is 0.714. The Morgan fingerprint density at radius 3 is 2.12 bits per heavy atom. The Morgan fingerprint density at radius 2 is 1.76 bits per heavy atom. The van der Waals surface area contributed by atoms with Crippen LogP contribution in [0.3, 0.4) is 0 Å². The van der Waals surface area contributed by atoms with E-state index in [2.05, 4.69) is 5.32 Å². The van der Waals surface area contributed by atoms with E-state index < -0.39 is 52.9 Å². The summed E-state index contributed by atoms with van der Waals surface area (Å²) < 4.78 is 29.1. The van der Waals surface area contributed by atoms with Gasteiger partial charge in [0.25, 0.3) is 10.1 Å². The third-order valence-electron chi connectivity index (χ3n) is 1.68. The van der Waals surface area contributed by atoms with E-state index in [-0.39, 0.29) is 0 Å². The molecule has 0 aliphatic heterocycles. The molecule has 0 saturated heterocycles. The van der Waals surface area contributed by atoms with Crippen molar-refractivity contribution in [2.75, 3.05) is 12.3 Å². The smallest absolute Gasteiger partial charge is 0.321 e. The standard InChI is InChI=1S/C7H13NO8S/c9-4(3-17(14,15)16)2-8-5(7(12)13)1-6(10)11/h4-5,8-9H,1-3H2,(H,10,11)(H,12,13)(H,14,15,16). The maximum absolute atomic E-state index is 10.6. The van der Waals surface area contributed by atoms with E-state index in [9.17, 15) is 18.0 Å². The molecule has 0 saturated carbocycles. The first-order valence-electron chi connectivity index (χ1n) is 4.43. The number of carbonyl (C=O) groups is 2. The third kappa shape index (κ3) is 8.56. The minimum absolute atomic E-state index is 0.468. The molecule has 0 aromatic heterocycles. The van der Waals surface area contributed by atoms with Crippen LogP contribution >= 0.6 is 0 Å². The monoisotopic (exact) mass is 271 g/mol. The number of carboxylic acid groups (broad SMARTS) is 2. The van der Waals surface area contributed by atoms with E-state index in [1.807, 2.05) is 0 Å². The van der Waals surface area contributed by atoms with Crippen LogP contribution in [-0.4, -0.2) is 64.7 Å². The molecule has 2 unspecified atom stereocenters. The molecule has 0 radical (unpaired) electrons. The molecule has 0 heterocycles. The first kappa shape index (κ1) is 15.8. The number of nitrogens with one attached hydrogen (secondary N) is 1. The van der Waals surface area contributed by atoms with Crippen molar-refractivity contribution in [2.24, 2.45) is 0 Å². The van der Waals surface area contributed by atoms with Gasteiger partial charge in [0, 0.05) is 6.54 Å². The van der Waals surface area contributed by atoms with Gasteiger partial charge in [-0.2, -0.15) is 8.42 Å². The van der Waals surface area contributed by atoms with Crippen molar-refractivity contribution in [2.45, 2.75) is 18.6 Å². The van der Waals surface area contributed by atoms with Crippen LogP contribution in [0.15, 0.2) is 0 Å². The van der Waals surface area contributed by atoms with Crippen LogP contribution in [0.2, 0.25) is 0 Å². The minimum Gasteiger partial charge on any atom is -0.481 e. The van der Waals surface area contributed by atoms with Crippen LogP contribution in [0.1, 0.15) is 6.42 Å². The molecule has 100 valence electrons. The van der Waals surface area contributed by atoms with Crippen molar-refractivity contribution in [3.63, 3.8) is 0 Å². The Kier molecular flexibility index (Phi) is 6.02. The summed E-state index contributed by atoms with van der Waals surface area (Å²) in [6.07, 6.45) is -2.24. The summed E-state index contributed by atoms with van der Waals surface area (Å²) in [6.45, 7) is -0.468. The predicted molar refractivity (Wildman–Crippen MR) is 54.1 cm³/mol. The lowest BCUT2D eigenvalue weighted by molar-refractivity contribution is -0.146. The summed E-state index contributed by atoms with van der Waals surface area (Å²) in [5.41, 5.74) is 0. The fourth-order valence-corrected chi connectivity index (χ4v) is 1.61. The van der Waals surface area contributed by atoms with Crippen LogP contribution in [0.5, 0.6) is 0 Å². The molecule has 0 aromatic carbocycles. The number of hydrogen-bond donors (Lipinski definition) is 5. The molecule has 17 heavy (non-hydrogen) atoms. The zero-order valence-corrected chi connectivity index (χ0v) is 9.42. The van der Waals surface area contributed by atoms with Gasteiger partial charge in [-0.05, 0) is 0 Å². The van der Waals surface area contributed by atoms with Gasteiger partial charge in [-0.1, -0.05) is 0 Å². The van der Waals surface area contributed by atoms with Crippen molar-refractivity contribution in [1.82, 2.24) is 5.32 Å². The molecule has 2 atom stereocenters. The average Bonchev–Trinajstić information content (AvgIpc) is 2.08. The first-order chi connectivity index (χ1) is 7.61. The van der Waals surface area contributed by atoms with E-state index in [0.717, 1.165) is 0 Å². The van der Waals surface area contributed by atoms with E-state index in [1.54, 1.807) is 0 Å². The van der Waals surface area contributed by atoms with E-state index in [1.165, 1.54) is 0 Å². The lowest BCUT2D eigenvalue weighted by Crippen LogP contribution is -2.43. The van der Waals surface area contributed by atoms with Crippen LogP contribution in [-0.2, 0) is 19.7 Å². The second-order valence-corrected chi connectivity index (χ2v) is 4.80. The highest BCUT2D eigenvalue weighted by molar-refractivity contribution is 7.85. The van der Waals surface area contributed by atoms with Gasteiger partial charge >= 0.3 is 11.9 Å². The molecule has 9 nitrogen and oxygen atoms in total. The number of carboxylic acids is 2. The van der Waals surface area contributed by atoms with Crippen molar-refractivity contribution >= 4 is 22.1 Å².